The maximum atomic E-state index is 12.4. The molecule has 1 amide bonds. The summed E-state index contributed by atoms with van der Waals surface area (Å²) in [5.41, 5.74) is 0.603. The first-order valence-corrected chi connectivity index (χ1v) is 10.1. The molecule has 5 aliphatic rings. The summed E-state index contributed by atoms with van der Waals surface area (Å²) in [6, 6.07) is 0.135. The SMILES string of the molecule is CC1CCC2C3CCC4N5C(=O)C(=O)OC5=CCC4(C)C3CCC12C. The molecule has 1 saturated heterocycles. The third-order valence-corrected chi connectivity index (χ3v) is 9.15. The molecule has 4 fully saturated rings. The van der Waals surface area contributed by atoms with Gasteiger partial charge in [-0.3, -0.25) is 9.69 Å². The molecule has 5 rings (SSSR count). The largest absolute Gasteiger partial charge is 0.404 e. The van der Waals surface area contributed by atoms with Gasteiger partial charge in [0.1, 0.15) is 0 Å². The second-order valence-corrected chi connectivity index (χ2v) is 9.81. The van der Waals surface area contributed by atoms with E-state index in [9.17, 15) is 9.59 Å². The molecule has 0 radical (unpaired) electrons. The second kappa shape index (κ2) is 4.89. The lowest BCUT2D eigenvalue weighted by Crippen LogP contribution is -2.59. The zero-order chi connectivity index (χ0) is 17.6. The molecule has 4 nitrogen and oxygen atoms in total. The van der Waals surface area contributed by atoms with Gasteiger partial charge in [0.25, 0.3) is 0 Å². The van der Waals surface area contributed by atoms with Gasteiger partial charge in [0, 0.05) is 6.04 Å². The van der Waals surface area contributed by atoms with Crippen molar-refractivity contribution in [1.82, 2.24) is 4.90 Å². The van der Waals surface area contributed by atoms with Gasteiger partial charge in [-0.2, -0.15) is 0 Å². The van der Waals surface area contributed by atoms with Crippen LogP contribution in [-0.4, -0.2) is 22.8 Å². The van der Waals surface area contributed by atoms with Crippen molar-refractivity contribution in [3.05, 3.63) is 12.0 Å². The standard InChI is InChI=1S/C21H29NO3/c1-12-4-6-14-13-5-7-16-21(3,15(13)8-10-20(12,14)2)11-9-17-22(16)18(23)19(24)25-17/h9,12-16H,4-8,10-11H2,1-3H3. The maximum absolute atomic E-state index is 12.4. The zero-order valence-corrected chi connectivity index (χ0v) is 15.6. The Labute approximate surface area is 150 Å². The fraction of sp³-hybridized carbons (Fsp3) is 0.810. The Morgan fingerprint density at radius 1 is 1.04 bits per heavy atom. The molecule has 7 atom stereocenters. The number of carbonyl (C=O) groups is 2. The van der Waals surface area contributed by atoms with E-state index < -0.39 is 11.9 Å². The van der Waals surface area contributed by atoms with Crippen LogP contribution in [0.5, 0.6) is 0 Å². The van der Waals surface area contributed by atoms with E-state index in [1.165, 1.54) is 32.1 Å². The minimum absolute atomic E-state index is 0.0865. The van der Waals surface area contributed by atoms with Crippen LogP contribution in [-0.2, 0) is 14.3 Å². The number of carbonyl (C=O) groups excluding carboxylic acids is 2. The van der Waals surface area contributed by atoms with E-state index in [0.29, 0.717) is 17.2 Å². The summed E-state index contributed by atoms with van der Waals surface area (Å²) in [5.74, 6) is 2.50. The molecule has 0 aromatic heterocycles. The van der Waals surface area contributed by atoms with E-state index in [0.717, 1.165) is 30.6 Å². The molecule has 3 saturated carbocycles. The van der Waals surface area contributed by atoms with Crippen LogP contribution in [0.3, 0.4) is 0 Å². The quantitative estimate of drug-likeness (QED) is 0.495. The highest BCUT2D eigenvalue weighted by molar-refractivity contribution is 6.35. The Hall–Kier alpha value is -1.32. The summed E-state index contributed by atoms with van der Waals surface area (Å²) in [6.45, 7) is 7.36. The van der Waals surface area contributed by atoms with E-state index in [-0.39, 0.29) is 11.5 Å². The van der Waals surface area contributed by atoms with Crippen LogP contribution >= 0.6 is 0 Å². The Morgan fingerprint density at radius 3 is 2.60 bits per heavy atom. The molecule has 7 unspecified atom stereocenters. The van der Waals surface area contributed by atoms with Crippen molar-refractivity contribution in [1.29, 1.82) is 0 Å². The van der Waals surface area contributed by atoms with Crippen molar-refractivity contribution in [3.63, 3.8) is 0 Å². The molecule has 0 N–H and O–H groups in total. The number of fused-ring (bicyclic) bond motifs is 7. The van der Waals surface area contributed by atoms with E-state index >= 15 is 0 Å². The number of hydrogen-bond acceptors (Lipinski definition) is 3. The molecule has 0 spiro atoms. The average molecular weight is 343 g/mol. The van der Waals surface area contributed by atoms with Gasteiger partial charge in [-0.15, -0.1) is 0 Å². The lowest BCUT2D eigenvalue weighted by Gasteiger charge is -2.60. The summed E-state index contributed by atoms with van der Waals surface area (Å²) in [6.07, 6.45) is 10.5. The summed E-state index contributed by atoms with van der Waals surface area (Å²) in [5, 5.41) is 0. The highest BCUT2D eigenvalue weighted by atomic mass is 16.6. The Kier molecular flexibility index (Phi) is 3.11. The molecule has 4 heteroatoms. The van der Waals surface area contributed by atoms with Crippen LogP contribution in [0.2, 0.25) is 0 Å². The van der Waals surface area contributed by atoms with Gasteiger partial charge in [-0.25, -0.2) is 4.79 Å². The van der Waals surface area contributed by atoms with E-state index in [4.69, 9.17) is 4.74 Å². The third-order valence-electron chi connectivity index (χ3n) is 9.15. The van der Waals surface area contributed by atoms with Gasteiger partial charge in [0.05, 0.1) is 0 Å². The summed E-state index contributed by atoms with van der Waals surface area (Å²) >= 11 is 0. The van der Waals surface area contributed by atoms with Gasteiger partial charge in [0.15, 0.2) is 0 Å². The number of amides is 1. The number of rotatable bonds is 0. The van der Waals surface area contributed by atoms with Crippen molar-refractivity contribution in [2.45, 2.75) is 71.8 Å². The normalized spacial score (nSPS) is 51.2. The number of nitrogens with zero attached hydrogens (tertiary/aromatic N) is 1. The van der Waals surface area contributed by atoms with Crippen molar-refractivity contribution in [2.24, 2.45) is 34.5 Å². The van der Waals surface area contributed by atoms with Crippen LogP contribution in [0.4, 0.5) is 0 Å². The smallest absolute Gasteiger partial charge is 0.402 e. The van der Waals surface area contributed by atoms with E-state index in [1.807, 2.05) is 6.08 Å². The van der Waals surface area contributed by atoms with Crippen LogP contribution in [0.15, 0.2) is 12.0 Å². The fourth-order valence-electron chi connectivity index (χ4n) is 7.54. The lowest BCUT2D eigenvalue weighted by molar-refractivity contribution is -0.151. The first-order chi connectivity index (χ1) is 11.9. The van der Waals surface area contributed by atoms with Gasteiger partial charge in [-0.1, -0.05) is 20.8 Å². The van der Waals surface area contributed by atoms with Gasteiger partial charge in [-0.05, 0) is 85.5 Å². The molecule has 3 aliphatic carbocycles. The molecular weight excluding hydrogens is 314 g/mol. The van der Waals surface area contributed by atoms with Crippen LogP contribution in [0.1, 0.15) is 65.7 Å². The Balaban J connectivity index is 1.50. The predicted molar refractivity (Wildman–Crippen MR) is 93.0 cm³/mol. The topological polar surface area (TPSA) is 46.6 Å². The molecule has 0 aromatic rings. The molecule has 0 aromatic carbocycles. The third kappa shape index (κ3) is 1.84. The second-order valence-electron chi connectivity index (χ2n) is 9.81. The number of ether oxygens (including phenoxy) is 1. The number of esters is 1. The molecule has 0 bridgehead atoms. The van der Waals surface area contributed by atoms with Gasteiger partial charge in [0.2, 0.25) is 5.88 Å². The van der Waals surface area contributed by atoms with Crippen molar-refractivity contribution < 1.29 is 14.3 Å². The zero-order valence-electron chi connectivity index (χ0n) is 15.6. The minimum atomic E-state index is -0.696. The highest BCUT2D eigenvalue weighted by Crippen LogP contribution is 2.66. The highest BCUT2D eigenvalue weighted by Gasteiger charge is 2.62. The van der Waals surface area contributed by atoms with Crippen molar-refractivity contribution in [3.8, 4) is 0 Å². The number of allylic oxidation sites excluding steroid dienone is 1. The van der Waals surface area contributed by atoms with Gasteiger partial charge < -0.3 is 4.74 Å². The molecule has 2 heterocycles. The van der Waals surface area contributed by atoms with Crippen molar-refractivity contribution in [2.75, 3.05) is 0 Å². The van der Waals surface area contributed by atoms with Crippen molar-refractivity contribution >= 4 is 11.9 Å². The average Bonchev–Trinajstić information content (AvgIpc) is 3.04. The van der Waals surface area contributed by atoms with E-state index in [2.05, 4.69) is 20.8 Å². The lowest BCUT2D eigenvalue weighted by atomic mass is 9.47. The van der Waals surface area contributed by atoms with E-state index in [1.54, 1.807) is 4.90 Å². The minimum Gasteiger partial charge on any atom is -0.402 e. The van der Waals surface area contributed by atoms with Crippen LogP contribution in [0, 0.1) is 34.5 Å². The fourth-order valence-corrected chi connectivity index (χ4v) is 7.54. The number of hydrogen-bond donors (Lipinski definition) is 0. The molecular formula is C21H29NO3. The first kappa shape index (κ1) is 15.9. The summed E-state index contributed by atoms with van der Waals surface area (Å²) in [4.78, 5) is 25.9. The Morgan fingerprint density at radius 2 is 1.80 bits per heavy atom. The Bertz CT molecular complexity index is 685. The molecule has 25 heavy (non-hydrogen) atoms. The monoisotopic (exact) mass is 343 g/mol. The summed E-state index contributed by atoms with van der Waals surface area (Å²) < 4.78 is 5.21. The van der Waals surface area contributed by atoms with Crippen LogP contribution in [0.25, 0.3) is 0 Å². The first-order valence-electron chi connectivity index (χ1n) is 10.1. The molecule has 136 valence electrons. The predicted octanol–water partition coefficient (Wildman–Crippen LogP) is 3.86. The summed E-state index contributed by atoms with van der Waals surface area (Å²) in [7, 11) is 0. The maximum Gasteiger partial charge on any atom is 0.404 e. The van der Waals surface area contributed by atoms with Gasteiger partial charge >= 0.3 is 11.9 Å². The molecule has 2 aliphatic heterocycles. The van der Waals surface area contributed by atoms with Crippen LogP contribution < -0.4 is 0 Å².